The largest absolute Gasteiger partial charge is 0.450 e. The van der Waals surface area contributed by atoms with Gasteiger partial charge in [0.1, 0.15) is 5.52 Å². The van der Waals surface area contributed by atoms with Gasteiger partial charge in [0.05, 0.1) is 18.2 Å². The van der Waals surface area contributed by atoms with Crippen molar-refractivity contribution < 1.29 is 14.3 Å². The molecule has 2 amide bonds. The smallest absolute Gasteiger partial charge is 0.409 e. The van der Waals surface area contributed by atoms with Gasteiger partial charge in [-0.3, -0.25) is 4.79 Å². The summed E-state index contributed by atoms with van der Waals surface area (Å²) in [6, 6.07) is 9.66. The molecule has 2 saturated heterocycles. The maximum atomic E-state index is 13.3. The highest BCUT2D eigenvalue weighted by Gasteiger charge is 2.33. The van der Waals surface area contributed by atoms with E-state index in [-0.39, 0.29) is 17.9 Å². The number of halogens is 1. The molecule has 2 aromatic heterocycles. The van der Waals surface area contributed by atoms with Crippen molar-refractivity contribution in [3.05, 3.63) is 47.7 Å². The summed E-state index contributed by atoms with van der Waals surface area (Å²) in [5.74, 6) is 0.881. The SMILES string of the molecule is CCOC(=O)N1CCN(C(=O)[C@H]2CCCN(c3nccn4nc(-c5cccc(Cl)c5)cc34)C2)CC1. The van der Waals surface area contributed by atoms with Crippen molar-refractivity contribution in [2.24, 2.45) is 5.92 Å². The third-order valence-electron chi connectivity index (χ3n) is 6.68. The molecule has 2 fully saturated rings. The van der Waals surface area contributed by atoms with Crippen LogP contribution in [0.1, 0.15) is 19.8 Å². The fourth-order valence-corrected chi connectivity index (χ4v) is 5.08. The van der Waals surface area contributed by atoms with E-state index in [2.05, 4.69) is 9.88 Å². The second-order valence-electron chi connectivity index (χ2n) is 8.92. The number of piperazine rings is 1. The van der Waals surface area contributed by atoms with Crippen molar-refractivity contribution in [2.75, 3.05) is 50.8 Å². The van der Waals surface area contributed by atoms with Crippen LogP contribution in [0.2, 0.25) is 5.02 Å². The van der Waals surface area contributed by atoms with Crippen LogP contribution in [0.3, 0.4) is 0 Å². The Kier molecular flexibility index (Phi) is 6.77. The lowest BCUT2D eigenvalue weighted by Crippen LogP contribution is -2.53. The third-order valence-corrected chi connectivity index (χ3v) is 6.91. The molecule has 3 aromatic rings. The molecule has 0 saturated carbocycles. The first-order chi connectivity index (χ1) is 17.0. The van der Waals surface area contributed by atoms with Gasteiger partial charge < -0.3 is 19.4 Å². The Balaban J connectivity index is 1.30. The van der Waals surface area contributed by atoms with Crippen LogP contribution in [-0.2, 0) is 9.53 Å². The van der Waals surface area contributed by atoms with Gasteiger partial charge in [0, 0.05) is 62.2 Å². The molecule has 0 N–H and O–H groups in total. The summed E-state index contributed by atoms with van der Waals surface area (Å²) < 4.78 is 6.92. The van der Waals surface area contributed by atoms with E-state index in [9.17, 15) is 9.59 Å². The number of aromatic nitrogens is 3. The summed E-state index contributed by atoms with van der Waals surface area (Å²) in [6.45, 7) is 5.68. The highest BCUT2D eigenvalue weighted by molar-refractivity contribution is 6.30. The predicted octanol–water partition coefficient (Wildman–Crippen LogP) is 3.57. The number of carbonyl (C=O) groups is 2. The van der Waals surface area contributed by atoms with Crippen molar-refractivity contribution in [1.82, 2.24) is 24.4 Å². The van der Waals surface area contributed by atoms with Crippen LogP contribution in [0.25, 0.3) is 16.8 Å². The van der Waals surface area contributed by atoms with Crippen molar-refractivity contribution in [3.8, 4) is 11.3 Å². The van der Waals surface area contributed by atoms with E-state index in [4.69, 9.17) is 21.4 Å². The van der Waals surface area contributed by atoms with E-state index in [1.165, 1.54) is 0 Å². The molecule has 0 spiro atoms. The summed E-state index contributed by atoms with van der Waals surface area (Å²) >= 11 is 6.18. The normalized spacial score (nSPS) is 18.7. The Morgan fingerprint density at radius 3 is 2.69 bits per heavy atom. The minimum absolute atomic E-state index is 0.102. The van der Waals surface area contributed by atoms with E-state index >= 15 is 0 Å². The lowest BCUT2D eigenvalue weighted by Gasteiger charge is -2.39. The molecule has 1 aromatic carbocycles. The highest BCUT2D eigenvalue weighted by atomic mass is 35.5. The molecule has 0 unspecified atom stereocenters. The molecular formula is C25H29ClN6O3. The average molecular weight is 497 g/mol. The van der Waals surface area contributed by atoms with Gasteiger partial charge in [-0.05, 0) is 38.0 Å². The number of hydrogen-bond donors (Lipinski definition) is 0. The lowest BCUT2D eigenvalue weighted by molar-refractivity contribution is -0.137. The van der Waals surface area contributed by atoms with Crippen LogP contribution in [0, 0.1) is 5.92 Å². The van der Waals surface area contributed by atoms with E-state index in [0.717, 1.165) is 42.0 Å². The topological polar surface area (TPSA) is 83.3 Å². The molecular weight excluding hydrogens is 468 g/mol. The molecule has 9 nitrogen and oxygen atoms in total. The van der Waals surface area contributed by atoms with Crippen molar-refractivity contribution in [1.29, 1.82) is 0 Å². The van der Waals surface area contributed by atoms with E-state index in [1.807, 2.05) is 45.9 Å². The summed E-state index contributed by atoms with van der Waals surface area (Å²) in [4.78, 5) is 35.7. The summed E-state index contributed by atoms with van der Waals surface area (Å²) in [5.41, 5.74) is 2.67. The molecule has 0 aliphatic carbocycles. The van der Waals surface area contributed by atoms with Crippen LogP contribution < -0.4 is 4.90 Å². The number of nitrogens with zero attached hydrogens (tertiary/aromatic N) is 6. The molecule has 184 valence electrons. The van der Waals surface area contributed by atoms with Gasteiger partial charge in [-0.1, -0.05) is 23.7 Å². The predicted molar refractivity (Wildman–Crippen MR) is 134 cm³/mol. The van der Waals surface area contributed by atoms with Crippen LogP contribution in [-0.4, -0.2) is 82.3 Å². The van der Waals surface area contributed by atoms with Crippen molar-refractivity contribution in [2.45, 2.75) is 19.8 Å². The number of hydrogen-bond acceptors (Lipinski definition) is 6. The quantitative estimate of drug-likeness (QED) is 0.549. The minimum atomic E-state index is -0.305. The molecule has 35 heavy (non-hydrogen) atoms. The Labute approximate surface area is 209 Å². The number of piperidine rings is 1. The first-order valence-corrected chi connectivity index (χ1v) is 12.5. The Morgan fingerprint density at radius 2 is 1.91 bits per heavy atom. The fourth-order valence-electron chi connectivity index (χ4n) is 4.89. The molecule has 10 heteroatoms. The number of anilines is 1. The van der Waals surface area contributed by atoms with Gasteiger partial charge in [0.25, 0.3) is 0 Å². The summed E-state index contributed by atoms with van der Waals surface area (Å²) in [7, 11) is 0. The maximum absolute atomic E-state index is 13.3. The molecule has 4 heterocycles. The van der Waals surface area contributed by atoms with E-state index in [1.54, 1.807) is 18.0 Å². The average Bonchev–Trinajstić information content (AvgIpc) is 3.33. The second-order valence-corrected chi connectivity index (χ2v) is 9.35. The maximum Gasteiger partial charge on any atom is 0.409 e. The number of benzene rings is 1. The van der Waals surface area contributed by atoms with Crippen molar-refractivity contribution >= 4 is 34.9 Å². The zero-order valence-corrected chi connectivity index (χ0v) is 20.5. The number of fused-ring (bicyclic) bond motifs is 1. The molecule has 5 rings (SSSR count). The molecule has 1 atom stereocenters. The molecule has 2 aliphatic heterocycles. The first kappa shape index (κ1) is 23.4. The zero-order valence-electron chi connectivity index (χ0n) is 19.8. The fraction of sp³-hybridized carbons (Fsp3) is 0.440. The van der Waals surface area contributed by atoms with Gasteiger partial charge >= 0.3 is 6.09 Å². The van der Waals surface area contributed by atoms with Gasteiger partial charge in [-0.2, -0.15) is 5.10 Å². The van der Waals surface area contributed by atoms with Gasteiger partial charge in [0.15, 0.2) is 5.82 Å². The van der Waals surface area contributed by atoms with Crippen LogP contribution in [0.5, 0.6) is 0 Å². The minimum Gasteiger partial charge on any atom is -0.450 e. The molecule has 2 aliphatic rings. The number of ether oxygens (including phenoxy) is 1. The number of carbonyl (C=O) groups excluding carboxylic acids is 2. The number of amides is 2. The van der Waals surface area contributed by atoms with Crippen molar-refractivity contribution in [3.63, 3.8) is 0 Å². The monoisotopic (exact) mass is 496 g/mol. The Bertz CT molecular complexity index is 1220. The van der Waals surface area contributed by atoms with Gasteiger partial charge in [-0.15, -0.1) is 0 Å². The molecule has 0 bridgehead atoms. The molecule has 0 radical (unpaired) electrons. The van der Waals surface area contributed by atoms with E-state index < -0.39 is 0 Å². The lowest BCUT2D eigenvalue weighted by atomic mass is 9.96. The first-order valence-electron chi connectivity index (χ1n) is 12.1. The summed E-state index contributed by atoms with van der Waals surface area (Å²) in [6.07, 6.45) is 5.04. The zero-order chi connectivity index (χ0) is 24.4. The second kappa shape index (κ2) is 10.1. The van der Waals surface area contributed by atoms with E-state index in [0.29, 0.717) is 44.4 Å². The van der Waals surface area contributed by atoms with Crippen LogP contribution >= 0.6 is 11.6 Å². The van der Waals surface area contributed by atoms with Gasteiger partial charge in [0.2, 0.25) is 5.91 Å². The van der Waals surface area contributed by atoms with Crippen LogP contribution in [0.4, 0.5) is 10.6 Å². The Hall–Kier alpha value is -3.33. The number of rotatable bonds is 4. The standard InChI is InChI=1S/C25H29ClN6O3/c1-2-35-25(34)30-13-11-29(12-14-30)24(33)19-6-4-9-31(17-19)23-22-16-21(28-32(22)10-8-27-23)18-5-3-7-20(26)15-18/h3,5,7-8,10,15-16,19H,2,4,6,9,11-14,17H2,1H3/t19-/m0/s1. The Morgan fingerprint density at radius 1 is 1.11 bits per heavy atom. The summed E-state index contributed by atoms with van der Waals surface area (Å²) in [5, 5.41) is 5.38. The van der Waals surface area contributed by atoms with Gasteiger partial charge in [-0.25, -0.2) is 14.3 Å². The highest BCUT2D eigenvalue weighted by Crippen LogP contribution is 2.30. The van der Waals surface area contributed by atoms with Crippen LogP contribution in [0.15, 0.2) is 42.7 Å². The third kappa shape index (κ3) is 4.91.